The third-order valence-electron chi connectivity index (χ3n) is 2.99. The largest absolute Gasteiger partial charge is 0.446 e. The van der Waals surface area contributed by atoms with Crippen LogP contribution >= 0.6 is 0 Å². The fraction of sp³-hybridized carbons (Fsp3) is 0.250. The van der Waals surface area contributed by atoms with Gasteiger partial charge in [0.1, 0.15) is 0 Å². The standard InChI is InChI=1S/C12H10N2O3/c15-10-4-3-7(11(16)14-10)9-6-17-12-8(9)2-1-5-13-12/h1-2,5-7H,3-4H2,(H,14,15,16). The summed E-state index contributed by atoms with van der Waals surface area (Å²) in [6, 6.07) is 3.66. The van der Waals surface area contributed by atoms with Gasteiger partial charge in [0.15, 0.2) is 0 Å². The Kier molecular flexibility index (Phi) is 2.18. The van der Waals surface area contributed by atoms with Crippen LogP contribution in [0, 0.1) is 0 Å². The molecule has 0 spiro atoms. The zero-order chi connectivity index (χ0) is 11.8. The molecule has 1 atom stereocenters. The molecule has 5 heteroatoms. The van der Waals surface area contributed by atoms with Crippen LogP contribution in [-0.4, -0.2) is 16.8 Å². The van der Waals surface area contributed by atoms with Crippen molar-refractivity contribution in [3.05, 3.63) is 30.2 Å². The molecule has 1 fully saturated rings. The van der Waals surface area contributed by atoms with Crippen molar-refractivity contribution in [1.82, 2.24) is 10.3 Å². The third-order valence-corrected chi connectivity index (χ3v) is 2.99. The molecule has 1 aliphatic heterocycles. The molecular formula is C12H10N2O3. The fourth-order valence-corrected chi connectivity index (χ4v) is 2.15. The number of rotatable bonds is 1. The van der Waals surface area contributed by atoms with Gasteiger partial charge in [-0.1, -0.05) is 0 Å². The fourth-order valence-electron chi connectivity index (χ4n) is 2.15. The zero-order valence-corrected chi connectivity index (χ0v) is 8.97. The van der Waals surface area contributed by atoms with Gasteiger partial charge in [-0.2, -0.15) is 0 Å². The lowest BCUT2D eigenvalue weighted by Gasteiger charge is -2.19. The number of nitrogens with zero attached hydrogens (tertiary/aromatic N) is 1. The molecule has 1 aliphatic rings. The molecule has 2 amide bonds. The van der Waals surface area contributed by atoms with Gasteiger partial charge in [-0.3, -0.25) is 14.9 Å². The van der Waals surface area contributed by atoms with E-state index in [9.17, 15) is 9.59 Å². The molecule has 2 aromatic heterocycles. The first-order valence-corrected chi connectivity index (χ1v) is 5.41. The van der Waals surface area contributed by atoms with Crippen molar-refractivity contribution in [2.75, 3.05) is 0 Å². The molecule has 86 valence electrons. The van der Waals surface area contributed by atoms with Crippen molar-refractivity contribution < 1.29 is 14.0 Å². The molecule has 0 saturated carbocycles. The molecule has 0 aromatic carbocycles. The van der Waals surface area contributed by atoms with E-state index in [0.717, 1.165) is 10.9 Å². The summed E-state index contributed by atoms with van der Waals surface area (Å²) in [6.45, 7) is 0. The Morgan fingerprint density at radius 2 is 2.29 bits per heavy atom. The Labute approximate surface area is 96.8 Å². The number of piperidine rings is 1. The van der Waals surface area contributed by atoms with Crippen LogP contribution in [0.5, 0.6) is 0 Å². The van der Waals surface area contributed by atoms with Crippen molar-refractivity contribution in [2.45, 2.75) is 18.8 Å². The maximum atomic E-state index is 11.8. The highest BCUT2D eigenvalue weighted by atomic mass is 16.3. The lowest BCUT2D eigenvalue weighted by molar-refractivity contribution is -0.134. The maximum Gasteiger partial charge on any atom is 0.234 e. The third kappa shape index (κ3) is 1.60. The van der Waals surface area contributed by atoms with Crippen LogP contribution in [0.4, 0.5) is 0 Å². The quantitative estimate of drug-likeness (QED) is 0.750. The topological polar surface area (TPSA) is 72.2 Å². The normalized spacial score (nSPS) is 20.6. The summed E-state index contributed by atoms with van der Waals surface area (Å²) in [5.41, 5.74) is 1.32. The smallest absolute Gasteiger partial charge is 0.234 e. The number of nitrogens with one attached hydrogen (secondary N) is 1. The zero-order valence-electron chi connectivity index (χ0n) is 8.97. The van der Waals surface area contributed by atoms with Crippen LogP contribution < -0.4 is 5.32 Å². The van der Waals surface area contributed by atoms with Crippen molar-refractivity contribution in [1.29, 1.82) is 0 Å². The van der Waals surface area contributed by atoms with E-state index < -0.39 is 0 Å². The van der Waals surface area contributed by atoms with Crippen LogP contribution in [0.15, 0.2) is 29.0 Å². The number of pyridine rings is 1. The molecule has 1 saturated heterocycles. The molecule has 17 heavy (non-hydrogen) atoms. The van der Waals surface area contributed by atoms with E-state index in [1.165, 1.54) is 0 Å². The summed E-state index contributed by atoms with van der Waals surface area (Å²) in [5, 5.41) is 3.18. The van der Waals surface area contributed by atoms with Crippen LogP contribution in [0.3, 0.4) is 0 Å². The Bertz CT molecular complexity index is 603. The Balaban J connectivity index is 2.04. The first kappa shape index (κ1) is 10.0. The predicted octanol–water partition coefficient (Wildman–Crippen LogP) is 1.35. The highest BCUT2D eigenvalue weighted by Crippen LogP contribution is 2.31. The molecule has 1 N–H and O–H groups in total. The molecular weight excluding hydrogens is 220 g/mol. The van der Waals surface area contributed by atoms with Crippen LogP contribution in [-0.2, 0) is 9.59 Å². The number of fused-ring (bicyclic) bond motifs is 1. The summed E-state index contributed by atoms with van der Waals surface area (Å²) >= 11 is 0. The molecule has 2 aromatic rings. The number of carbonyl (C=O) groups excluding carboxylic acids is 2. The van der Waals surface area contributed by atoms with E-state index in [0.29, 0.717) is 18.6 Å². The minimum atomic E-state index is -0.321. The lowest BCUT2D eigenvalue weighted by atomic mass is 9.91. The summed E-state index contributed by atoms with van der Waals surface area (Å²) < 4.78 is 5.30. The van der Waals surface area contributed by atoms with Crippen LogP contribution in [0.25, 0.3) is 11.1 Å². The van der Waals surface area contributed by atoms with Gasteiger partial charge in [0.25, 0.3) is 0 Å². The number of hydrogen-bond donors (Lipinski definition) is 1. The molecule has 5 nitrogen and oxygen atoms in total. The SMILES string of the molecule is O=C1CCC(c2coc3ncccc23)C(=O)N1. The van der Waals surface area contributed by atoms with Gasteiger partial charge in [0.2, 0.25) is 17.5 Å². The number of hydrogen-bond acceptors (Lipinski definition) is 4. The number of furan rings is 1. The predicted molar refractivity (Wildman–Crippen MR) is 59.1 cm³/mol. The minimum Gasteiger partial charge on any atom is -0.446 e. The maximum absolute atomic E-state index is 11.8. The molecule has 3 heterocycles. The highest BCUT2D eigenvalue weighted by molar-refractivity contribution is 6.02. The number of imide groups is 1. The number of carbonyl (C=O) groups is 2. The summed E-state index contributed by atoms with van der Waals surface area (Å²) in [5.74, 6) is -0.789. The van der Waals surface area contributed by atoms with Crippen molar-refractivity contribution >= 4 is 22.9 Å². The van der Waals surface area contributed by atoms with Gasteiger partial charge in [0, 0.05) is 23.6 Å². The van der Waals surface area contributed by atoms with E-state index in [2.05, 4.69) is 10.3 Å². The van der Waals surface area contributed by atoms with Gasteiger partial charge in [-0.05, 0) is 18.6 Å². The van der Waals surface area contributed by atoms with Crippen molar-refractivity contribution in [3.63, 3.8) is 0 Å². The second-order valence-electron chi connectivity index (χ2n) is 4.05. The average Bonchev–Trinajstić information content (AvgIpc) is 2.73. The summed E-state index contributed by atoms with van der Waals surface area (Å²) in [6.07, 6.45) is 4.08. The van der Waals surface area contributed by atoms with Gasteiger partial charge in [-0.15, -0.1) is 0 Å². The Morgan fingerprint density at radius 1 is 1.41 bits per heavy atom. The molecule has 0 radical (unpaired) electrons. The first-order valence-electron chi connectivity index (χ1n) is 5.41. The number of aromatic nitrogens is 1. The molecule has 3 rings (SSSR count). The highest BCUT2D eigenvalue weighted by Gasteiger charge is 2.30. The summed E-state index contributed by atoms with van der Waals surface area (Å²) in [4.78, 5) is 26.9. The summed E-state index contributed by atoms with van der Waals surface area (Å²) in [7, 11) is 0. The molecule has 0 bridgehead atoms. The van der Waals surface area contributed by atoms with E-state index in [1.807, 2.05) is 6.07 Å². The Morgan fingerprint density at radius 3 is 3.12 bits per heavy atom. The lowest BCUT2D eigenvalue weighted by Crippen LogP contribution is -2.39. The van der Waals surface area contributed by atoms with E-state index >= 15 is 0 Å². The van der Waals surface area contributed by atoms with Gasteiger partial charge >= 0.3 is 0 Å². The van der Waals surface area contributed by atoms with Crippen molar-refractivity contribution in [2.24, 2.45) is 0 Å². The average molecular weight is 230 g/mol. The Hall–Kier alpha value is -2.17. The van der Waals surface area contributed by atoms with Gasteiger partial charge in [0.05, 0.1) is 12.2 Å². The van der Waals surface area contributed by atoms with Gasteiger partial charge in [-0.25, -0.2) is 4.98 Å². The van der Waals surface area contributed by atoms with Crippen molar-refractivity contribution in [3.8, 4) is 0 Å². The first-order chi connectivity index (χ1) is 8.25. The van der Waals surface area contributed by atoms with E-state index in [-0.39, 0.29) is 17.7 Å². The minimum absolute atomic E-state index is 0.211. The monoisotopic (exact) mass is 230 g/mol. The second-order valence-corrected chi connectivity index (χ2v) is 4.05. The van der Waals surface area contributed by atoms with E-state index in [1.54, 1.807) is 18.5 Å². The molecule has 1 unspecified atom stereocenters. The number of amides is 2. The second kappa shape index (κ2) is 3.69. The van der Waals surface area contributed by atoms with E-state index in [4.69, 9.17) is 4.42 Å². The molecule has 0 aliphatic carbocycles. The van der Waals surface area contributed by atoms with Crippen LogP contribution in [0.2, 0.25) is 0 Å². The van der Waals surface area contributed by atoms with Gasteiger partial charge < -0.3 is 4.42 Å². The van der Waals surface area contributed by atoms with Crippen LogP contribution in [0.1, 0.15) is 24.3 Å².